The minimum absolute atomic E-state index is 0.131. The number of unbranched alkanes of at least 4 members (excludes halogenated alkanes) is 1. The molecule has 0 bridgehead atoms. The van der Waals surface area contributed by atoms with E-state index in [1.165, 1.54) is 10.5 Å². The third kappa shape index (κ3) is 4.69. The van der Waals surface area contributed by atoms with Crippen LogP contribution in [0.2, 0.25) is 0 Å². The van der Waals surface area contributed by atoms with E-state index < -0.39 is 6.04 Å². The average Bonchev–Trinajstić information content (AvgIpc) is 2.56. The molecule has 23 heavy (non-hydrogen) atoms. The maximum atomic E-state index is 12.4. The Kier molecular flexibility index (Phi) is 6.40. The van der Waals surface area contributed by atoms with Gasteiger partial charge in [0.25, 0.3) is 0 Å². The van der Waals surface area contributed by atoms with Crippen molar-refractivity contribution in [2.45, 2.75) is 38.6 Å². The fraction of sp³-hybridized carbons (Fsp3) is 0.529. The number of benzene rings is 1. The van der Waals surface area contributed by atoms with E-state index in [0.717, 1.165) is 19.3 Å². The summed E-state index contributed by atoms with van der Waals surface area (Å²) in [5.74, 6) is -0.213. The second-order valence-electron chi connectivity index (χ2n) is 5.74. The lowest BCUT2D eigenvalue weighted by Gasteiger charge is -2.34. The van der Waals surface area contributed by atoms with Gasteiger partial charge in [0, 0.05) is 25.4 Å². The summed E-state index contributed by atoms with van der Waals surface area (Å²) in [4.78, 5) is 25.7. The zero-order valence-electron chi connectivity index (χ0n) is 13.5. The molecule has 1 heterocycles. The molecule has 1 aliphatic heterocycles. The number of piperazine rings is 1. The summed E-state index contributed by atoms with van der Waals surface area (Å²) in [6, 6.07) is 6.87. The van der Waals surface area contributed by atoms with Crippen LogP contribution >= 0.6 is 0 Å². The molecular formula is C17H25N3O3. The minimum atomic E-state index is -0.613. The first-order valence-corrected chi connectivity index (χ1v) is 8.21. The summed E-state index contributed by atoms with van der Waals surface area (Å²) >= 11 is 0. The molecule has 0 aromatic heterocycles. The first-order valence-electron chi connectivity index (χ1n) is 8.21. The monoisotopic (exact) mass is 319 g/mol. The molecule has 6 heteroatoms. The predicted octanol–water partition coefficient (Wildman–Crippen LogP) is 1.74. The van der Waals surface area contributed by atoms with E-state index in [0.29, 0.717) is 18.8 Å². The van der Waals surface area contributed by atoms with Gasteiger partial charge in [0.05, 0.1) is 0 Å². The van der Waals surface area contributed by atoms with Gasteiger partial charge in [0.1, 0.15) is 6.04 Å². The van der Waals surface area contributed by atoms with E-state index in [-0.39, 0.29) is 25.0 Å². The smallest absolute Gasteiger partial charge is 0.322 e. The first kappa shape index (κ1) is 17.3. The van der Waals surface area contributed by atoms with Crippen molar-refractivity contribution >= 4 is 17.6 Å². The van der Waals surface area contributed by atoms with Crippen molar-refractivity contribution in [1.82, 2.24) is 10.2 Å². The number of carbonyl (C=O) groups excluding carboxylic acids is 2. The molecule has 0 unspecified atom stereocenters. The number of nitrogens with one attached hydrogen (secondary N) is 2. The van der Waals surface area contributed by atoms with Crippen LogP contribution in [0.1, 0.15) is 31.7 Å². The van der Waals surface area contributed by atoms with Crippen molar-refractivity contribution in [2.24, 2.45) is 0 Å². The molecule has 0 spiro atoms. The zero-order valence-corrected chi connectivity index (χ0v) is 13.5. The van der Waals surface area contributed by atoms with Crippen molar-refractivity contribution in [1.29, 1.82) is 0 Å². The van der Waals surface area contributed by atoms with Gasteiger partial charge in [-0.25, -0.2) is 4.79 Å². The van der Waals surface area contributed by atoms with Gasteiger partial charge in [0.15, 0.2) is 0 Å². The molecule has 1 aliphatic rings. The number of urea groups is 1. The van der Waals surface area contributed by atoms with Crippen molar-refractivity contribution in [3.8, 4) is 0 Å². The fourth-order valence-electron chi connectivity index (χ4n) is 2.70. The number of aliphatic hydroxyl groups excluding tert-OH is 1. The summed E-state index contributed by atoms with van der Waals surface area (Å²) in [6.45, 7) is 2.90. The lowest BCUT2D eigenvalue weighted by molar-refractivity contribution is -0.128. The van der Waals surface area contributed by atoms with Crippen molar-refractivity contribution in [2.75, 3.05) is 25.0 Å². The van der Waals surface area contributed by atoms with Crippen LogP contribution in [0.25, 0.3) is 0 Å². The lowest BCUT2D eigenvalue weighted by atomic mass is 10.1. The Bertz CT molecular complexity index is 530. The molecule has 0 radical (unpaired) electrons. The number of carbonyl (C=O) groups is 2. The highest BCUT2D eigenvalue weighted by molar-refractivity contribution is 5.94. The van der Waals surface area contributed by atoms with E-state index in [1.54, 1.807) is 0 Å². The average molecular weight is 319 g/mol. The molecule has 1 aromatic carbocycles. The van der Waals surface area contributed by atoms with Crippen molar-refractivity contribution in [3.63, 3.8) is 0 Å². The van der Waals surface area contributed by atoms with Crippen LogP contribution in [-0.2, 0) is 11.2 Å². The van der Waals surface area contributed by atoms with Crippen LogP contribution in [0.4, 0.5) is 10.5 Å². The highest BCUT2D eigenvalue weighted by Gasteiger charge is 2.32. The zero-order chi connectivity index (χ0) is 16.7. The summed E-state index contributed by atoms with van der Waals surface area (Å²) in [5.41, 5.74) is 1.96. The number of hydrogen-bond donors (Lipinski definition) is 3. The Balaban J connectivity index is 1.98. The third-order valence-electron chi connectivity index (χ3n) is 4.02. The molecule has 3 N–H and O–H groups in total. The highest BCUT2D eigenvalue weighted by atomic mass is 16.3. The summed E-state index contributed by atoms with van der Waals surface area (Å²) in [6.07, 6.45) is 3.59. The van der Waals surface area contributed by atoms with Crippen LogP contribution < -0.4 is 10.6 Å². The fourth-order valence-corrected chi connectivity index (χ4v) is 2.70. The number of nitrogens with zero attached hydrogens (tertiary/aromatic N) is 1. The summed E-state index contributed by atoms with van der Waals surface area (Å²) in [5, 5.41) is 14.6. The molecule has 6 nitrogen and oxygen atoms in total. The van der Waals surface area contributed by atoms with Crippen LogP contribution in [0.3, 0.4) is 0 Å². The maximum absolute atomic E-state index is 12.4. The van der Waals surface area contributed by atoms with Crippen molar-refractivity contribution < 1.29 is 14.7 Å². The van der Waals surface area contributed by atoms with E-state index in [1.807, 2.05) is 24.3 Å². The van der Waals surface area contributed by atoms with Gasteiger partial charge in [0.2, 0.25) is 5.91 Å². The first-order chi connectivity index (χ1) is 11.2. The van der Waals surface area contributed by atoms with Crippen molar-refractivity contribution in [3.05, 3.63) is 29.8 Å². The quantitative estimate of drug-likeness (QED) is 0.747. The summed E-state index contributed by atoms with van der Waals surface area (Å²) in [7, 11) is 0. The number of hydrogen-bond acceptors (Lipinski definition) is 3. The molecule has 2 rings (SSSR count). The van der Waals surface area contributed by atoms with Crippen LogP contribution in [0.5, 0.6) is 0 Å². The number of amides is 3. The minimum Gasteiger partial charge on any atom is -0.396 e. The maximum Gasteiger partial charge on any atom is 0.322 e. The van der Waals surface area contributed by atoms with E-state index in [9.17, 15) is 9.59 Å². The molecule has 126 valence electrons. The summed E-state index contributed by atoms with van der Waals surface area (Å²) < 4.78 is 0. The molecular weight excluding hydrogens is 294 g/mol. The predicted molar refractivity (Wildman–Crippen MR) is 89.3 cm³/mol. The molecule has 1 saturated heterocycles. The Morgan fingerprint density at radius 2 is 2.13 bits per heavy atom. The topological polar surface area (TPSA) is 81.7 Å². The number of rotatable bonds is 6. The highest BCUT2D eigenvalue weighted by Crippen LogP contribution is 2.15. The van der Waals surface area contributed by atoms with Gasteiger partial charge < -0.3 is 20.6 Å². The Labute approximate surface area is 136 Å². The van der Waals surface area contributed by atoms with E-state index >= 15 is 0 Å². The van der Waals surface area contributed by atoms with Gasteiger partial charge >= 0.3 is 6.03 Å². The second kappa shape index (κ2) is 8.53. The van der Waals surface area contributed by atoms with Gasteiger partial charge in [-0.15, -0.1) is 0 Å². The molecule has 1 fully saturated rings. The Morgan fingerprint density at radius 3 is 2.78 bits per heavy atom. The molecule has 1 atom stereocenters. The van der Waals surface area contributed by atoms with E-state index in [4.69, 9.17) is 5.11 Å². The largest absolute Gasteiger partial charge is 0.396 e. The SMILES string of the molecule is CCCCc1ccc(NC(=O)N2CCNC(=O)[C@H]2CCO)cc1. The number of aryl methyl sites for hydroxylation is 1. The second-order valence-corrected chi connectivity index (χ2v) is 5.74. The van der Waals surface area contributed by atoms with Crippen LogP contribution in [-0.4, -0.2) is 47.7 Å². The molecule has 1 aromatic rings. The van der Waals surface area contributed by atoms with Gasteiger partial charge in [-0.05, 0) is 37.0 Å². The van der Waals surface area contributed by atoms with Gasteiger partial charge in [-0.2, -0.15) is 0 Å². The van der Waals surface area contributed by atoms with Gasteiger partial charge in [-0.1, -0.05) is 25.5 Å². The lowest BCUT2D eigenvalue weighted by Crippen LogP contribution is -2.58. The Morgan fingerprint density at radius 1 is 1.39 bits per heavy atom. The third-order valence-corrected chi connectivity index (χ3v) is 4.02. The van der Waals surface area contributed by atoms with Crippen LogP contribution in [0, 0.1) is 0 Å². The van der Waals surface area contributed by atoms with E-state index in [2.05, 4.69) is 17.6 Å². The molecule has 0 saturated carbocycles. The van der Waals surface area contributed by atoms with Crippen LogP contribution in [0.15, 0.2) is 24.3 Å². The Hall–Kier alpha value is -2.08. The molecule has 3 amide bonds. The molecule has 0 aliphatic carbocycles. The number of aliphatic hydroxyl groups is 1. The van der Waals surface area contributed by atoms with Gasteiger partial charge in [-0.3, -0.25) is 4.79 Å². The normalized spacial score (nSPS) is 17.7. The standard InChI is InChI=1S/C17H25N3O3/c1-2-3-4-13-5-7-14(8-6-13)19-17(23)20-11-10-18-16(22)15(20)9-12-21/h5-8,15,21H,2-4,9-12H2,1H3,(H,18,22)(H,19,23)/t15-/m1/s1. The number of anilines is 1.